The van der Waals surface area contributed by atoms with Crippen LogP contribution in [0.3, 0.4) is 0 Å². The zero-order valence-corrected chi connectivity index (χ0v) is 11.7. The van der Waals surface area contributed by atoms with Gasteiger partial charge in [-0.3, -0.25) is 0 Å². The van der Waals surface area contributed by atoms with Crippen LogP contribution in [0.1, 0.15) is 71.6 Å². The number of rotatable bonds is 0. The summed E-state index contributed by atoms with van der Waals surface area (Å²) < 4.78 is 0. The predicted octanol–water partition coefficient (Wildman–Crippen LogP) is 5.34. The Kier molecular flexibility index (Phi) is 2.88. The largest absolute Gasteiger partial charge is 0.0817 e. The van der Waals surface area contributed by atoms with E-state index in [0.717, 1.165) is 11.8 Å². The van der Waals surface area contributed by atoms with Crippen molar-refractivity contribution in [1.82, 2.24) is 0 Å². The molecule has 0 heterocycles. The van der Waals surface area contributed by atoms with Gasteiger partial charge in [0.1, 0.15) is 0 Å². The minimum Gasteiger partial charge on any atom is -0.0817 e. The molecule has 2 spiro atoms. The molecule has 0 heteroatoms. The lowest BCUT2D eigenvalue weighted by Crippen LogP contribution is -2.30. The van der Waals surface area contributed by atoms with Gasteiger partial charge < -0.3 is 0 Å². The second kappa shape index (κ2) is 4.14. The molecule has 96 valence electrons. The smallest absolute Gasteiger partial charge is 0.0110 e. The molecule has 0 N–H and O–H groups in total. The van der Waals surface area contributed by atoms with Crippen molar-refractivity contribution in [1.29, 1.82) is 0 Å². The van der Waals surface area contributed by atoms with Crippen molar-refractivity contribution in [3.8, 4) is 0 Å². The van der Waals surface area contributed by atoms with Crippen LogP contribution in [0, 0.1) is 22.7 Å². The summed E-state index contributed by atoms with van der Waals surface area (Å²) in [4.78, 5) is 0. The summed E-state index contributed by atoms with van der Waals surface area (Å²) in [5.74, 6) is 1.97. The third-order valence-electron chi connectivity index (χ3n) is 6.03. The van der Waals surface area contributed by atoms with E-state index in [9.17, 15) is 0 Å². The van der Waals surface area contributed by atoms with Crippen LogP contribution < -0.4 is 0 Å². The van der Waals surface area contributed by atoms with Crippen molar-refractivity contribution >= 4 is 0 Å². The van der Waals surface area contributed by atoms with Crippen LogP contribution >= 0.6 is 0 Å². The fourth-order valence-corrected chi connectivity index (χ4v) is 4.53. The van der Waals surface area contributed by atoms with Crippen LogP contribution in [-0.2, 0) is 0 Å². The average molecular weight is 232 g/mol. The van der Waals surface area contributed by atoms with Crippen LogP contribution in [-0.4, -0.2) is 0 Å². The standard InChI is InChI=1S/C17H28/c1-14-3-7-16(8-4-14)11-12-17(13-16)9-5-15(2)6-10-17/h11-12,14-15H,3-10,13H2,1-2H3. The van der Waals surface area contributed by atoms with Gasteiger partial charge in [0, 0.05) is 0 Å². The van der Waals surface area contributed by atoms with Crippen molar-refractivity contribution < 1.29 is 0 Å². The lowest BCUT2D eigenvalue weighted by Gasteiger charge is -2.41. The molecule has 3 aliphatic rings. The second-order valence-corrected chi connectivity index (χ2v) is 7.60. The van der Waals surface area contributed by atoms with Gasteiger partial charge in [-0.15, -0.1) is 0 Å². The Morgan fingerprint density at radius 1 is 0.706 bits per heavy atom. The Morgan fingerprint density at radius 3 is 1.41 bits per heavy atom. The Balaban J connectivity index is 1.68. The molecule has 0 unspecified atom stereocenters. The first-order valence-corrected chi connectivity index (χ1v) is 7.82. The number of hydrogen-bond donors (Lipinski definition) is 0. The molecule has 3 aliphatic carbocycles. The summed E-state index contributed by atoms with van der Waals surface area (Å²) in [6, 6.07) is 0. The first-order chi connectivity index (χ1) is 8.12. The molecule has 0 saturated heterocycles. The monoisotopic (exact) mass is 232 g/mol. The van der Waals surface area contributed by atoms with Gasteiger partial charge in [-0.2, -0.15) is 0 Å². The molecule has 2 saturated carbocycles. The highest BCUT2D eigenvalue weighted by Crippen LogP contribution is 2.57. The van der Waals surface area contributed by atoms with Gasteiger partial charge in [-0.05, 0) is 80.5 Å². The molecule has 0 radical (unpaired) electrons. The second-order valence-electron chi connectivity index (χ2n) is 7.60. The molecule has 3 rings (SSSR count). The minimum atomic E-state index is 0.632. The van der Waals surface area contributed by atoms with Crippen LogP contribution in [0.25, 0.3) is 0 Å². The van der Waals surface area contributed by atoms with Crippen molar-refractivity contribution in [3.05, 3.63) is 12.2 Å². The molecule has 0 aliphatic heterocycles. The minimum absolute atomic E-state index is 0.632. The topological polar surface area (TPSA) is 0 Å². The number of allylic oxidation sites excluding steroid dienone is 2. The van der Waals surface area contributed by atoms with Gasteiger partial charge >= 0.3 is 0 Å². The first kappa shape index (κ1) is 11.8. The van der Waals surface area contributed by atoms with Crippen LogP contribution in [0.4, 0.5) is 0 Å². The van der Waals surface area contributed by atoms with E-state index in [1.807, 2.05) is 0 Å². The van der Waals surface area contributed by atoms with Crippen molar-refractivity contribution in [2.24, 2.45) is 22.7 Å². The summed E-state index contributed by atoms with van der Waals surface area (Å²) in [5.41, 5.74) is 1.26. The third-order valence-corrected chi connectivity index (χ3v) is 6.03. The SMILES string of the molecule is CC1CCC2(C=CC3(CCC(C)CC3)C2)CC1. The lowest BCUT2D eigenvalue weighted by atomic mass is 9.63. The molecule has 0 nitrogen and oxygen atoms in total. The zero-order chi connectivity index (χ0) is 11.9. The lowest BCUT2D eigenvalue weighted by molar-refractivity contribution is 0.122. The van der Waals surface area contributed by atoms with E-state index in [0.29, 0.717) is 10.8 Å². The van der Waals surface area contributed by atoms with Gasteiger partial charge in [0.25, 0.3) is 0 Å². The Hall–Kier alpha value is -0.260. The zero-order valence-electron chi connectivity index (χ0n) is 11.7. The van der Waals surface area contributed by atoms with Crippen molar-refractivity contribution in [2.45, 2.75) is 71.6 Å². The molecular weight excluding hydrogens is 204 g/mol. The molecule has 0 aromatic heterocycles. The van der Waals surface area contributed by atoms with E-state index in [-0.39, 0.29) is 0 Å². The van der Waals surface area contributed by atoms with E-state index >= 15 is 0 Å². The van der Waals surface area contributed by atoms with E-state index < -0.39 is 0 Å². The van der Waals surface area contributed by atoms with E-state index in [1.165, 1.54) is 57.8 Å². The van der Waals surface area contributed by atoms with Gasteiger partial charge in [0.15, 0.2) is 0 Å². The highest BCUT2D eigenvalue weighted by molar-refractivity contribution is 5.18. The molecule has 2 fully saturated rings. The maximum absolute atomic E-state index is 2.65. The molecule has 0 bridgehead atoms. The highest BCUT2D eigenvalue weighted by Gasteiger charge is 2.45. The number of hydrogen-bond acceptors (Lipinski definition) is 0. The normalized spacial score (nSPS) is 50.2. The Bertz CT molecular complexity index is 266. The molecule has 0 aromatic rings. The fourth-order valence-electron chi connectivity index (χ4n) is 4.53. The van der Waals surface area contributed by atoms with Gasteiger partial charge in [-0.25, -0.2) is 0 Å². The molecule has 0 atom stereocenters. The van der Waals surface area contributed by atoms with E-state index in [1.54, 1.807) is 0 Å². The van der Waals surface area contributed by atoms with Crippen molar-refractivity contribution in [3.63, 3.8) is 0 Å². The summed E-state index contributed by atoms with van der Waals surface area (Å²) in [7, 11) is 0. The van der Waals surface area contributed by atoms with Crippen LogP contribution in [0.15, 0.2) is 12.2 Å². The van der Waals surface area contributed by atoms with Gasteiger partial charge in [0.2, 0.25) is 0 Å². The Morgan fingerprint density at radius 2 is 1.06 bits per heavy atom. The summed E-state index contributed by atoms with van der Waals surface area (Å²) in [6.07, 6.45) is 18.6. The predicted molar refractivity (Wildman–Crippen MR) is 73.9 cm³/mol. The molecule has 0 amide bonds. The Labute approximate surface area is 107 Å². The summed E-state index contributed by atoms with van der Waals surface area (Å²) >= 11 is 0. The molecule has 17 heavy (non-hydrogen) atoms. The molecular formula is C17H28. The maximum atomic E-state index is 2.65. The van der Waals surface area contributed by atoms with E-state index in [4.69, 9.17) is 0 Å². The van der Waals surface area contributed by atoms with Crippen molar-refractivity contribution in [2.75, 3.05) is 0 Å². The third kappa shape index (κ3) is 2.20. The van der Waals surface area contributed by atoms with E-state index in [2.05, 4.69) is 26.0 Å². The average Bonchev–Trinajstić information content (AvgIpc) is 2.68. The fraction of sp³-hybridized carbons (Fsp3) is 0.882. The summed E-state index contributed by atoms with van der Waals surface area (Å²) in [5, 5.41) is 0. The maximum Gasteiger partial charge on any atom is -0.0110 e. The van der Waals surface area contributed by atoms with Crippen LogP contribution in [0.2, 0.25) is 0 Å². The van der Waals surface area contributed by atoms with Gasteiger partial charge in [-0.1, -0.05) is 26.0 Å². The summed E-state index contributed by atoms with van der Waals surface area (Å²) in [6.45, 7) is 4.87. The quantitative estimate of drug-likeness (QED) is 0.495. The highest BCUT2D eigenvalue weighted by atomic mass is 14.5. The van der Waals surface area contributed by atoms with Gasteiger partial charge in [0.05, 0.1) is 0 Å². The van der Waals surface area contributed by atoms with Crippen LogP contribution in [0.5, 0.6) is 0 Å². The first-order valence-electron chi connectivity index (χ1n) is 7.82. The molecule has 0 aromatic carbocycles.